The van der Waals surface area contributed by atoms with Gasteiger partial charge in [-0.1, -0.05) is 79.4 Å². The highest BCUT2D eigenvalue weighted by atomic mass is 32.2. The van der Waals surface area contributed by atoms with E-state index in [4.69, 9.17) is 0 Å². The monoisotopic (exact) mass is 622 g/mol. The maximum Gasteiger partial charge on any atom is 0.432 e. The average Bonchev–Trinajstić information content (AvgIpc) is 2.97. The van der Waals surface area contributed by atoms with E-state index < -0.39 is 39.2 Å². The minimum Gasteiger partial charge on any atom is -0.743 e. The predicted molar refractivity (Wildman–Crippen MR) is 148 cm³/mol. The number of hydrogen-bond donors (Lipinski definition) is 0. The molecule has 0 saturated heterocycles. The van der Waals surface area contributed by atoms with Crippen LogP contribution in [0, 0.1) is 0 Å². The highest BCUT2D eigenvalue weighted by Gasteiger charge is 2.63. The summed E-state index contributed by atoms with van der Waals surface area (Å²) in [7, 11) is -6.73. The molecule has 0 aromatic heterocycles. The van der Waals surface area contributed by atoms with E-state index in [2.05, 4.69) is 102 Å². The Bertz CT molecular complexity index is 1470. The lowest BCUT2D eigenvalue weighted by Gasteiger charge is -2.29. The summed E-state index contributed by atoms with van der Waals surface area (Å²) < 4.78 is 98.6. The van der Waals surface area contributed by atoms with Gasteiger partial charge in [-0.2, -0.15) is 22.0 Å². The molecule has 0 bridgehead atoms. The molecule has 220 valence electrons. The van der Waals surface area contributed by atoms with E-state index >= 15 is 0 Å². The van der Waals surface area contributed by atoms with Gasteiger partial charge in [-0.05, 0) is 54.1 Å². The SMILES string of the molecule is C=Cc1ccc(C(=O)OC(C(F)(F)F)C(F)(F)S(=O)(=O)[O-])cc1.c1ccc([S+](c2ccccc2)c2ccccc2)cc1. The smallest absolute Gasteiger partial charge is 0.432 e. The summed E-state index contributed by atoms with van der Waals surface area (Å²) in [6.45, 7) is 3.38. The fourth-order valence-corrected chi connectivity index (χ4v) is 6.01. The standard InChI is InChI=1S/C18H15S.C12H9F5O5S/c1-4-10-16(11-5-1)19(17-12-6-2-7-13-17)18-14-8-3-9-15-18;1-2-7-3-5-8(6-4-7)9(18)22-10(11(13,14)15)12(16,17)23(19,20)21/h1-15H;2-6,10H,1H2,(H,19,20,21)/q+1;/p-1. The number of alkyl halides is 5. The zero-order valence-electron chi connectivity index (χ0n) is 21.6. The second kappa shape index (κ2) is 13.8. The summed E-state index contributed by atoms with van der Waals surface area (Å²) in [5.41, 5.74) is -0.0784. The summed E-state index contributed by atoms with van der Waals surface area (Å²) in [4.78, 5) is 15.6. The maximum absolute atomic E-state index is 13.2. The number of carbonyl (C=O) groups excluding carboxylic acids is 1. The topological polar surface area (TPSA) is 83.5 Å². The number of benzene rings is 4. The quantitative estimate of drug-likeness (QED) is 0.0889. The predicted octanol–water partition coefficient (Wildman–Crippen LogP) is 7.34. The first kappa shape index (κ1) is 32.5. The molecule has 0 aliphatic heterocycles. The van der Waals surface area contributed by atoms with E-state index in [1.165, 1.54) is 32.9 Å². The lowest BCUT2D eigenvalue weighted by atomic mass is 10.1. The number of halogens is 5. The molecular weight excluding hydrogens is 599 g/mol. The molecule has 0 fully saturated rings. The summed E-state index contributed by atoms with van der Waals surface area (Å²) in [6.07, 6.45) is -9.06. The Hall–Kier alpha value is -4.00. The van der Waals surface area contributed by atoms with Crippen LogP contribution in [0.25, 0.3) is 6.08 Å². The Morgan fingerprint density at radius 3 is 1.43 bits per heavy atom. The minimum absolute atomic E-state index is 0.0146. The Balaban J connectivity index is 0.000000234. The van der Waals surface area contributed by atoms with Crippen LogP contribution >= 0.6 is 0 Å². The molecule has 4 rings (SSSR count). The van der Waals surface area contributed by atoms with Gasteiger partial charge in [0, 0.05) is 0 Å². The van der Waals surface area contributed by atoms with Gasteiger partial charge in [0.25, 0.3) is 6.10 Å². The Kier molecular flexibility index (Phi) is 10.7. The largest absolute Gasteiger partial charge is 0.743 e. The first-order chi connectivity index (χ1) is 19.8. The molecular formula is C30H23F5O5S2. The van der Waals surface area contributed by atoms with Crippen molar-refractivity contribution in [1.29, 1.82) is 0 Å². The summed E-state index contributed by atoms with van der Waals surface area (Å²) in [6, 6.07) is 36.5. The van der Waals surface area contributed by atoms with Crippen LogP contribution in [0.15, 0.2) is 137 Å². The molecule has 0 aliphatic rings. The van der Waals surface area contributed by atoms with Crippen molar-refractivity contribution in [3.05, 3.63) is 133 Å². The van der Waals surface area contributed by atoms with Gasteiger partial charge in [-0.15, -0.1) is 0 Å². The van der Waals surface area contributed by atoms with Gasteiger partial charge >= 0.3 is 17.4 Å². The minimum atomic E-state index is -6.72. The first-order valence-corrected chi connectivity index (χ1v) is 14.6. The van der Waals surface area contributed by atoms with Crippen LogP contribution in [0.5, 0.6) is 0 Å². The normalized spacial score (nSPS) is 12.5. The van der Waals surface area contributed by atoms with Crippen molar-refractivity contribution in [2.45, 2.75) is 32.2 Å². The summed E-state index contributed by atoms with van der Waals surface area (Å²) in [5, 5.41) is -5.87. The van der Waals surface area contributed by atoms with Crippen molar-refractivity contribution >= 4 is 33.1 Å². The Morgan fingerprint density at radius 1 is 0.738 bits per heavy atom. The van der Waals surface area contributed by atoms with Gasteiger partial charge in [-0.3, -0.25) is 0 Å². The molecule has 0 radical (unpaired) electrons. The van der Waals surface area contributed by atoms with E-state index in [-0.39, 0.29) is 10.9 Å². The number of hydrogen-bond acceptors (Lipinski definition) is 5. The molecule has 0 amide bonds. The van der Waals surface area contributed by atoms with Crippen LogP contribution in [-0.4, -0.2) is 36.5 Å². The van der Waals surface area contributed by atoms with E-state index in [0.29, 0.717) is 5.56 Å². The molecule has 1 atom stereocenters. The molecule has 4 aromatic rings. The van der Waals surface area contributed by atoms with Crippen molar-refractivity contribution in [2.24, 2.45) is 0 Å². The Morgan fingerprint density at radius 2 is 1.12 bits per heavy atom. The van der Waals surface area contributed by atoms with Crippen molar-refractivity contribution < 1.29 is 44.5 Å². The van der Waals surface area contributed by atoms with Crippen LogP contribution in [0.3, 0.4) is 0 Å². The highest BCUT2D eigenvalue weighted by molar-refractivity contribution is 7.97. The van der Waals surface area contributed by atoms with Crippen molar-refractivity contribution in [3.63, 3.8) is 0 Å². The Labute approximate surface area is 242 Å². The average molecular weight is 623 g/mol. The zero-order valence-corrected chi connectivity index (χ0v) is 23.2. The lowest BCUT2D eigenvalue weighted by Crippen LogP contribution is -2.52. The van der Waals surface area contributed by atoms with Gasteiger partial charge in [0.2, 0.25) is 0 Å². The third kappa shape index (κ3) is 8.28. The third-order valence-electron chi connectivity index (χ3n) is 5.48. The molecule has 0 saturated carbocycles. The first-order valence-electron chi connectivity index (χ1n) is 12.0. The fraction of sp³-hybridized carbons (Fsp3) is 0.100. The number of rotatable bonds is 8. The van der Waals surface area contributed by atoms with Crippen LogP contribution in [0.4, 0.5) is 22.0 Å². The maximum atomic E-state index is 13.2. The van der Waals surface area contributed by atoms with Gasteiger partial charge in [0.1, 0.15) is 0 Å². The molecule has 4 aromatic carbocycles. The van der Waals surface area contributed by atoms with Crippen LogP contribution in [-0.2, 0) is 25.7 Å². The molecule has 0 spiro atoms. The zero-order chi connectivity index (χ0) is 31.0. The second-order valence-electron chi connectivity index (χ2n) is 8.41. The number of ether oxygens (including phenoxy) is 1. The highest BCUT2D eigenvalue weighted by Crippen LogP contribution is 2.38. The van der Waals surface area contributed by atoms with Crippen LogP contribution in [0.1, 0.15) is 15.9 Å². The lowest BCUT2D eigenvalue weighted by molar-refractivity contribution is -0.248. The van der Waals surface area contributed by atoms with E-state index in [9.17, 15) is 39.7 Å². The molecule has 5 nitrogen and oxygen atoms in total. The van der Waals surface area contributed by atoms with Crippen molar-refractivity contribution in [1.82, 2.24) is 0 Å². The van der Waals surface area contributed by atoms with Crippen LogP contribution < -0.4 is 0 Å². The van der Waals surface area contributed by atoms with Crippen LogP contribution in [0.2, 0.25) is 0 Å². The molecule has 12 heteroatoms. The molecule has 0 N–H and O–H groups in total. The van der Waals surface area contributed by atoms with E-state index in [0.717, 1.165) is 12.1 Å². The molecule has 42 heavy (non-hydrogen) atoms. The summed E-state index contributed by atoms with van der Waals surface area (Å²) in [5.74, 6) is -1.87. The number of carbonyl (C=O) groups is 1. The van der Waals surface area contributed by atoms with Gasteiger partial charge in [0.15, 0.2) is 24.8 Å². The van der Waals surface area contributed by atoms with Gasteiger partial charge < -0.3 is 9.29 Å². The molecule has 1 unspecified atom stereocenters. The fourth-order valence-electron chi connectivity index (χ4n) is 3.47. The molecule has 0 heterocycles. The second-order valence-corrected chi connectivity index (χ2v) is 11.9. The third-order valence-corrected chi connectivity index (χ3v) is 8.59. The number of esters is 1. The van der Waals surface area contributed by atoms with Crippen molar-refractivity contribution in [3.8, 4) is 0 Å². The van der Waals surface area contributed by atoms with Gasteiger partial charge in [-0.25, -0.2) is 13.2 Å². The van der Waals surface area contributed by atoms with E-state index in [1.54, 1.807) is 0 Å². The molecule has 0 aliphatic carbocycles. The van der Waals surface area contributed by atoms with E-state index in [1.807, 2.05) is 0 Å². The van der Waals surface area contributed by atoms with Crippen molar-refractivity contribution in [2.75, 3.05) is 0 Å². The summed E-state index contributed by atoms with van der Waals surface area (Å²) >= 11 is 0. The van der Waals surface area contributed by atoms with Gasteiger partial charge in [0.05, 0.1) is 16.5 Å².